The maximum absolute atomic E-state index is 13.0. The zero-order valence-electron chi connectivity index (χ0n) is 12.9. The van der Waals surface area contributed by atoms with E-state index >= 15 is 0 Å². The van der Waals surface area contributed by atoms with Gasteiger partial charge < -0.3 is 5.32 Å². The molecule has 0 heterocycles. The topological polar surface area (TPSA) is 66.5 Å². The molecule has 24 heavy (non-hydrogen) atoms. The molecular weight excluding hydrogens is 355 g/mol. The Morgan fingerprint density at radius 1 is 1.12 bits per heavy atom. The maximum Gasteiger partial charge on any atom is 0.251 e. The van der Waals surface area contributed by atoms with Gasteiger partial charge in [0, 0.05) is 17.1 Å². The number of amides is 1. The number of benzene rings is 2. The highest BCUT2D eigenvalue weighted by Gasteiger charge is 2.17. The minimum Gasteiger partial charge on any atom is -0.350 e. The molecule has 0 aliphatic carbocycles. The fourth-order valence-electron chi connectivity index (χ4n) is 2.07. The van der Waals surface area contributed by atoms with Crippen molar-refractivity contribution in [3.63, 3.8) is 0 Å². The lowest BCUT2D eigenvalue weighted by atomic mass is 10.2. The van der Waals surface area contributed by atoms with Crippen molar-refractivity contribution >= 4 is 33.2 Å². The highest BCUT2D eigenvalue weighted by Crippen LogP contribution is 2.17. The third-order valence-electron chi connectivity index (χ3n) is 3.22. The summed E-state index contributed by atoms with van der Waals surface area (Å²) in [4.78, 5) is 12.0. The molecule has 0 radical (unpaired) electrons. The summed E-state index contributed by atoms with van der Waals surface area (Å²) in [6.45, 7) is 0.135. The molecule has 2 rings (SSSR count). The fourth-order valence-corrected chi connectivity index (χ4v) is 3.12. The quantitative estimate of drug-likeness (QED) is 0.850. The van der Waals surface area contributed by atoms with E-state index in [0.717, 1.165) is 10.6 Å². The van der Waals surface area contributed by atoms with Crippen LogP contribution in [0.5, 0.6) is 0 Å². The van der Waals surface area contributed by atoms with Crippen LogP contribution < -0.4 is 9.62 Å². The van der Waals surface area contributed by atoms with Gasteiger partial charge in [0.2, 0.25) is 10.0 Å². The van der Waals surface area contributed by atoms with Crippen LogP contribution in [0.1, 0.15) is 10.4 Å². The van der Waals surface area contributed by atoms with E-state index in [1.807, 2.05) is 0 Å². The summed E-state index contributed by atoms with van der Waals surface area (Å²) in [5.41, 5.74) is 0.756. The van der Waals surface area contributed by atoms with Crippen molar-refractivity contribution in [3.8, 4) is 0 Å². The van der Waals surface area contributed by atoms with E-state index in [9.17, 15) is 17.6 Å². The first-order chi connectivity index (χ1) is 11.3. The molecule has 0 bridgehead atoms. The maximum atomic E-state index is 13.0. The van der Waals surface area contributed by atoms with Crippen molar-refractivity contribution in [3.05, 3.63) is 64.9 Å². The Bertz CT molecular complexity index is 808. The minimum atomic E-state index is -3.56. The van der Waals surface area contributed by atoms with E-state index in [4.69, 9.17) is 11.6 Å². The number of halogens is 2. The largest absolute Gasteiger partial charge is 0.350 e. The Morgan fingerprint density at radius 3 is 2.25 bits per heavy atom. The van der Waals surface area contributed by atoms with Gasteiger partial charge in [-0.1, -0.05) is 11.6 Å². The molecule has 0 unspecified atom stereocenters. The van der Waals surface area contributed by atoms with Crippen molar-refractivity contribution in [1.82, 2.24) is 5.32 Å². The summed E-state index contributed by atoms with van der Waals surface area (Å²) in [6, 6.07) is 11.4. The second-order valence-electron chi connectivity index (χ2n) is 5.07. The number of nitrogens with one attached hydrogen (secondary N) is 1. The Kier molecular flexibility index (Phi) is 5.80. The van der Waals surface area contributed by atoms with Gasteiger partial charge in [0.25, 0.3) is 5.91 Å². The number of hydrogen-bond donors (Lipinski definition) is 1. The molecule has 0 saturated carbocycles. The van der Waals surface area contributed by atoms with E-state index in [-0.39, 0.29) is 19.0 Å². The highest BCUT2D eigenvalue weighted by atomic mass is 35.5. The average Bonchev–Trinajstić information content (AvgIpc) is 2.52. The van der Waals surface area contributed by atoms with Crippen LogP contribution in [-0.2, 0) is 10.0 Å². The van der Waals surface area contributed by atoms with E-state index in [1.165, 1.54) is 24.3 Å². The monoisotopic (exact) mass is 370 g/mol. The second kappa shape index (κ2) is 7.63. The average molecular weight is 371 g/mol. The van der Waals surface area contributed by atoms with Crippen molar-refractivity contribution in [2.24, 2.45) is 0 Å². The lowest BCUT2D eigenvalue weighted by Crippen LogP contribution is -2.38. The van der Waals surface area contributed by atoms with E-state index in [0.29, 0.717) is 16.3 Å². The van der Waals surface area contributed by atoms with Gasteiger partial charge in [-0.3, -0.25) is 9.10 Å². The van der Waals surface area contributed by atoms with E-state index in [1.54, 1.807) is 24.3 Å². The molecule has 8 heteroatoms. The summed E-state index contributed by atoms with van der Waals surface area (Å²) in [5.74, 6) is -0.789. The molecular formula is C16H16ClFN2O3S. The number of sulfonamides is 1. The van der Waals surface area contributed by atoms with Crippen LogP contribution in [0.15, 0.2) is 48.5 Å². The molecule has 0 aromatic heterocycles. The first kappa shape index (κ1) is 18.2. The van der Waals surface area contributed by atoms with Crippen LogP contribution in [0.2, 0.25) is 5.02 Å². The van der Waals surface area contributed by atoms with Crippen LogP contribution in [0.25, 0.3) is 0 Å². The molecule has 0 aliphatic rings. The lowest BCUT2D eigenvalue weighted by molar-refractivity contribution is 0.0955. The predicted molar refractivity (Wildman–Crippen MR) is 92.4 cm³/mol. The Labute approximate surface area is 145 Å². The number of carbonyl (C=O) groups excluding carboxylic acids is 1. The minimum absolute atomic E-state index is 0.0315. The van der Waals surface area contributed by atoms with Gasteiger partial charge >= 0.3 is 0 Å². The van der Waals surface area contributed by atoms with Crippen molar-refractivity contribution in [2.45, 2.75) is 0 Å². The summed E-state index contributed by atoms with van der Waals surface area (Å²) in [6.07, 6.45) is 1.05. The van der Waals surface area contributed by atoms with Crippen molar-refractivity contribution in [1.29, 1.82) is 0 Å². The Morgan fingerprint density at radius 2 is 1.71 bits per heavy atom. The molecule has 0 fully saturated rings. The molecule has 5 nitrogen and oxygen atoms in total. The van der Waals surface area contributed by atoms with E-state index < -0.39 is 15.8 Å². The number of rotatable bonds is 6. The summed E-state index contributed by atoms with van der Waals surface area (Å²) in [7, 11) is -3.56. The SMILES string of the molecule is CS(=O)(=O)N(CCNC(=O)c1ccc(Cl)cc1)c1ccc(F)cc1. The lowest BCUT2D eigenvalue weighted by Gasteiger charge is -2.22. The highest BCUT2D eigenvalue weighted by molar-refractivity contribution is 7.92. The smallest absolute Gasteiger partial charge is 0.251 e. The van der Waals surface area contributed by atoms with Gasteiger partial charge in [0.1, 0.15) is 5.82 Å². The number of nitrogens with zero attached hydrogens (tertiary/aromatic N) is 1. The van der Waals surface area contributed by atoms with Gasteiger partial charge in [-0.2, -0.15) is 0 Å². The molecule has 128 valence electrons. The van der Waals surface area contributed by atoms with Gasteiger partial charge in [-0.15, -0.1) is 0 Å². The van der Waals surface area contributed by atoms with Crippen molar-refractivity contribution in [2.75, 3.05) is 23.7 Å². The number of hydrogen-bond acceptors (Lipinski definition) is 3. The van der Waals surface area contributed by atoms with E-state index in [2.05, 4.69) is 5.32 Å². The molecule has 0 atom stereocenters. The van der Waals surface area contributed by atoms with Crippen LogP contribution >= 0.6 is 11.6 Å². The molecule has 0 spiro atoms. The zero-order chi connectivity index (χ0) is 17.7. The first-order valence-corrected chi connectivity index (χ1v) is 9.27. The van der Waals surface area contributed by atoms with Gasteiger partial charge in [0.05, 0.1) is 18.5 Å². The second-order valence-corrected chi connectivity index (χ2v) is 7.42. The first-order valence-electron chi connectivity index (χ1n) is 7.04. The van der Waals surface area contributed by atoms with Crippen LogP contribution in [0.3, 0.4) is 0 Å². The van der Waals surface area contributed by atoms with Crippen molar-refractivity contribution < 1.29 is 17.6 Å². The summed E-state index contributed by atoms with van der Waals surface area (Å²) < 4.78 is 37.9. The van der Waals surface area contributed by atoms with Gasteiger partial charge in [-0.05, 0) is 48.5 Å². The summed E-state index contributed by atoms with van der Waals surface area (Å²) >= 11 is 5.76. The number of anilines is 1. The third kappa shape index (κ3) is 4.94. The molecule has 2 aromatic rings. The predicted octanol–water partition coefficient (Wildman–Crippen LogP) is 2.68. The fraction of sp³-hybridized carbons (Fsp3) is 0.188. The standard InChI is InChI=1S/C16H16ClFN2O3S/c1-24(22,23)20(15-8-6-14(18)7-9-15)11-10-19-16(21)12-2-4-13(17)5-3-12/h2-9H,10-11H2,1H3,(H,19,21). The molecule has 2 aromatic carbocycles. The number of carbonyl (C=O) groups is 1. The van der Waals surface area contributed by atoms with Gasteiger partial charge in [0.15, 0.2) is 0 Å². The van der Waals surface area contributed by atoms with Crippen LogP contribution in [0.4, 0.5) is 10.1 Å². The molecule has 1 N–H and O–H groups in total. The van der Waals surface area contributed by atoms with Crippen LogP contribution in [-0.4, -0.2) is 33.7 Å². The zero-order valence-corrected chi connectivity index (χ0v) is 14.4. The summed E-state index contributed by atoms with van der Waals surface area (Å²) in [5, 5.41) is 3.16. The third-order valence-corrected chi connectivity index (χ3v) is 4.67. The van der Waals surface area contributed by atoms with Crippen LogP contribution in [0, 0.1) is 5.82 Å². The Balaban J connectivity index is 2.02. The normalized spacial score (nSPS) is 11.1. The molecule has 1 amide bonds. The Hall–Kier alpha value is -2.12. The molecule has 0 aliphatic heterocycles. The van der Waals surface area contributed by atoms with Gasteiger partial charge in [-0.25, -0.2) is 12.8 Å². The molecule has 0 saturated heterocycles.